The second-order valence-corrected chi connectivity index (χ2v) is 11.2. The van der Waals surface area contributed by atoms with Gasteiger partial charge in [-0.15, -0.1) is 0 Å². The molecule has 9 nitrogen and oxygen atoms in total. The van der Waals surface area contributed by atoms with Crippen LogP contribution in [0.25, 0.3) is 22.6 Å². The summed E-state index contributed by atoms with van der Waals surface area (Å²) in [6.07, 6.45) is 8.51. The Bertz CT molecular complexity index is 1350. The van der Waals surface area contributed by atoms with Gasteiger partial charge in [0, 0.05) is 31.2 Å². The molecule has 3 aliphatic rings. The van der Waals surface area contributed by atoms with Gasteiger partial charge in [-0.25, -0.2) is 9.97 Å². The predicted molar refractivity (Wildman–Crippen MR) is 147 cm³/mol. The molecule has 38 heavy (non-hydrogen) atoms. The molecular formula is C28H33ClN6O3. The number of β-amino-alcohol motifs (C(OH)–C–C–N with tert-alkyl or cyclic N) is 1. The van der Waals surface area contributed by atoms with Crippen molar-refractivity contribution in [3.8, 4) is 17.1 Å². The van der Waals surface area contributed by atoms with Crippen LogP contribution in [0.15, 0.2) is 42.6 Å². The number of nitrogens with zero attached hydrogens (tertiary/aromatic N) is 3. The fourth-order valence-corrected chi connectivity index (χ4v) is 6.45. The van der Waals surface area contributed by atoms with Crippen LogP contribution in [0.1, 0.15) is 26.2 Å². The number of ether oxygens (including phenoxy) is 1. The Kier molecular flexibility index (Phi) is 6.75. The number of rotatable bonds is 8. The molecule has 1 aromatic carbocycles. The largest absolute Gasteiger partial charge is 0.490 e. The zero-order valence-electron chi connectivity index (χ0n) is 21.3. The Hall–Kier alpha value is -3.14. The van der Waals surface area contributed by atoms with Crippen molar-refractivity contribution in [2.45, 2.75) is 44.4 Å². The second-order valence-electron chi connectivity index (χ2n) is 10.8. The van der Waals surface area contributed by atoms with Gasteiger partial charge in [0.1, 0.15) is 23.2 Å². The van der Waals surface area contributed by atoms with Crippen molar-refractivity contribution in [2.24, 2.45) is 23.5 Å². The molecule has 3 aromatic rings. The van der Waals surface area contributed by atoms with Gasteiger partial charge in [-0.1, -0.05) is 23.8 Å². The van der Waals surface area contributed by atoms with Gasteiger partial charge in [0.15, 0.2) is 5.65 Å². The molecule has 2 bridgehead atoms. The first-order chi connectivity index (χ1) is 18.4. The van der Waals surface area contributed by atoms with Gasteiger partial charge in [0.2, 0.25) is 5.91 Å². The SMILES string of the molecule is CC(O)CN1CCC(Oc2ccc(-c3nc4ncc(Cl)c(N[C@H]5[C@@H](C(N)=O)[C@@H]6C=C[C@H]5C6)c4[nH]3)cc2)CC1. The number of hydrogen-bond donors (Lipinski definition) is 4. The first-order valence-corrected chi connectivity index (χ1v) is 13.7. The zero-order valence-corrected chi connectivity index (χ0v) is 22.1. The number of aromatic nitrogens is 3. The number of pyridine rings is 1. The van der Waals surface area contributed by atoms with E-state index in [-0.39, 0.29) is 41.9 Å². The number of aromatic amines is 1. The number of imidazole rings is 1. The van der Waals surface area contributed by atoms with Crippen LogP contribution in [-0.2, 0) is 4.79 Å². The molecular weight excluding hydrogens is 504 g/mol. The average molecular weight is 537 g/mol. The number of carbonyl (C=O) groups excluding carboxylic acids is 1. The quantitative estimate of drug-likeness (QED) is 0.324. The Morgan fingerprint density at radius 3 is 2.71 bits per heavy atom. The van der Waals surface area contributed by atoms with E-state index in [4.69, 9.17) is 27.1 Å². The Labute approximate surface area is 226 Å². The molecule has 1 saturated carbocycles. The van der Waals surface area contributed by atoms with Gasteiger partial charge in [0.25, 0.3) is 0 Å². The minimum atomic E-state index is -0.307. The van der Waals surface area contributed by atoms with Crippen LogP contribution in [0.3, 0.4) is 0 Å². The summed E-state index contributed by atoms with van der Waals surface area (Å²) >= 11 is 6.57. The van der Waals surface area contributed by atoms with Gasteiger partial charge in [-0.05, 0) is 62.3 Å². The van der Waals surface area contributed by atoms with E-state index in [1.807, 2.05) is 31.2 Å². The summed E-state index contributed by atoms with van der Waals surface area (Å²) < 4.78 is 6.22. The minimum Gasteiger partial charge on any atom is -0.490 e. The number of carbonyl (C=O) groups is 1. The number of hydrogen-bond acceptors (Lipinski definition) is 7. The maximum absolute atomic E-state index is 12.2. The van der Waals surface area contributed by atoms with Crippen molar-refractivity contribution in [1.29, 1.82) is 0 Å². The topological polar surface area (TPSA) is 129 Å². The molecule has 1 unspecified atom stereocenters. The maximum Gasteiger partial charge on any atom is 0.223 e. The van der Waals surface area contributed by atoms with Gasteiger partial charge < -0.3 is 30.8 Å². The number of H-pyrrole nitrogens is 1. The van der Waals surface area contributed by atoms with Crippen LogP contribution in [0, 0.1) is 17.8 Å². The predicted octanol–water partition coefficient (Wildman–Crippen LogP) is 3.59. The maximum atomic E-state index is 12.2. The van der Waals surface area contributed by atoms with Crippen LogP contribution >= 0.6 is 11.6 Å². The van der Waals surface area contributed by atoms with Crippen molar-refractivity contribution >= 4 is 34.4 Å². The number of anilines is 1. The van der Waals surface area contributed by atoms with Crippen molar-refractivity contribution < 1.29 is 14.6 Å². The summed E-state index contributed by atoms with van der Waals surface area (Å²) in [6, 6.07) is 7.77. The number of primary amides is 1. The molecule has 5 N–H and O–H groups in total. The molecule has 1 aliphatic heterocycles. The van der Waals surface area contributed by atoms with E-state index in [9.17, 15) is 9.90 Å². The van der Waals surface area contributed by atoms with E-state index in [1.54, 1.807) is 6.20 Å². The van der Waals surface area contributed by atoms with E-state index in [1.165, 1.54) is 0 Å². The van der Waals surface area contributed by atoms with Crippen LogP contribution in [0.5, 0.6) is 5.75 Å². The van der Waals surface area contributed by atoms with Crippen LogP contribution in [0.2, 0.25) is 5.02 Å². The number of aliphatic hydroxyl groups excluding tert-OH is 1. The second kappa shape index (κ2) is 10.2. The van der Waals surface area contributed by atoms with Crippen molar-refractivity contribution in [2.75, 3.05) is 25.0 Å². The molecule has 2 aromatic heterocycles. The number of nitrogens with one attached hydrogen (secondary N) is 2. The third-order valence-corrected chi connectivity index (χ3v) is 8.35. The Morgan fingerprint density at radius 2 is 2.00 bits per heavy atom. The first kappa shape index (κ1) is 25.2. The van der Waals surface area contributed by atoms with Crippen molar-refractivity contribution in [3.05, 3.63) is 47.6 Å². The van der Waals surface area contributed by atoms with E-state index < -0.39 is 0 Å². The minimum absolute atomic E-state index is 0.118. The molecule has 1 saturated heterocycles. The number of piperidine rings is 1. The van der Waals surface area contributed by atoms with E-state index in [0.717, 1.165) is 43.7 Å². The summed E-state index contributed by atoms with van der Waals surface area (Å²) in [5, 5.41) is 13.6. The highest BCUT2D eigenvalue weighted by atomic mass is 35.5. The third kappa shape index (κ3) is 4.86. The number of halogens is 1. The fourth-order valence-electron chi connectivity index (χ4n) is 6.25. The van der Waals surface area contributed by atoms with Gasteiger partial charge in [0.05, 0.1) is 28.9 Å². The highest BCUT2D eigenvalue weighted by Gasteiger charge is 2.47. The number of allylic oxidation sites excluding steroid dienone is 1. The molecule has 2 fully saturated rings. The van der Waals surface area contributed by atoms with Crippen LogP contribution in [0.4, 0.5) is 5.69 Å². The molecule has 10 heteroatoms. The number of aliphatic hydroxyl groups is 1. The van der Waals surface area contributed by atoms with Gasteiger partial charge >= 0.3 is 0 Å². The normalized spacial score (nSPS) is 26.2. The standard InChI is InChI=1S/C28H33ClN6O3/c1-15(36)14-35-10-8-20(9-11-35)38-19-6-4-16(5-7-19)27-33-25-24(21(29)13-31-28(25)34-27)32-23-18-3-2-17(12-18)22(23)26(30)37/h2-7,13,15,17-18,20,22-23,36H,8-12,14H2,1H3,(H2,30,37)(H2,31,32,33,34)/t15?,17-,18+,22+,23-/m1/s1. The Morgan fingerprint density at radius 1 is 1.26 bits per heavy atom. The number of benzene rings is 1. The molecule has 0 radical (unpaired) electrons. The monoisotopic (exact) mass is 536 g/mol. The number of likely N-dealkylation sites (tertiary alicyclic amines) is 1. The average Bonchev–Trinajstić information content (AvgIpc) is 3.62. The lowest BCUT2D eigenvalue weighted by molar-refractivity contribution is -0.122. The van der Waals surface area contributed by atoms with Crippen LogP contribution < -0.4 is 15.8 Å². The smallest absolute Gasteiger partial charge is 0.223 e. The number of fused-ring (bicyclic) bond motifs is 3. The van der Waals surface area contributed by atoms with Gasteiger partial charge in [-0.2, -0.15) is 0 Å². The third-order valence-electron chi connectivity index (χ3n) is 8.06. The lowest BCUT2D eigenvalue weighted by Gasteiger charge is -2.32. The first-order valence-electron chi connectivity index (χ1n) is 13.3. The highest BCUT2D eigenvalue weighted by Crippen LogP contribution is 2.46. The fraction of sp³-hybridized carbons (Fsp3) is 0.464. The molecule has 1 amide bonds. The Balaban J connectivity index is 1.17. The summed E-state index contributed by atoms with van der Waals surface area (Å²) in [6.45, 7) is 4.39. The lowest BCUT2D eigenvalue weighted by atomic mass is 9.88. The molecule has 3 heterocycles. The summed E-state index contributed by atoms with van der Waals surface area (Å²) in [5.41, 5.74) is 8.60. The molecule has 2 aliphatic carbocycles. The summed E-state index contributed by atoms with van der Waals surface area (Å²) in [4.78, 5) is 27.0. The van der Waals surface area contributed by atoms with Crippen molar-refractivity contribution in [3.63, 3.8) is 0 Å². The molecule has 200 valence electrons. The lowest BCUT2D eigenvalue weighted by Crippen LogP contribution is -2.41. The molecule has 0 spiro atoms. The van der Waals surface area contributed by atoms with E-state index in [2.05, 4.69) is 32.3 Å². The highest BCUT2D eigenvalue weighted by molar-refractivity contribution is 6.34. The molecule has 5 atom stereocenters. The molecule has 6 rings (SSSR count). The van der Waals surface area contributed by atoms with Gasteiger partial charge in [-0.3, -0.25) is 4.79 Å². The summed E-state index contributed by atoms with van der Waals surface area (Å²) in [7, 11) is 0. The number of amides is 1. The van der Waals surface area contributed by atoms with E-state index >= 15 is 0 Å². The summed E-state index contributed by atoms with van der Waals surface area (Å²) in [5.74, 6) is 1.33. The van der Waals surface area contributed by atoms with Crippen molar-refractivity contribution in [1.82, 2.24) is 19.9 Å². The van der Waals surface area contributed by atoms with Crippen LogP contribution in [-0.4, -0.2) is 68.7 Å². The van der Waals surface area contributed by atoms with E-state index in [0.29, 0.717) is 34.2 Å². The number of nitrogens with two attached hydrogens (primary N) is 1. The zero-order chi connectivity index (χ0) is 26.4.